The summed E-state index contributed by atoms with van der Waals surface area (Å²) in [6, 6.07) is 5.95. The SMILES string of the molecule is Cc1ccc(N)c(NCC(C)CCO)c1. The Morgan fingerprint density at radius 2 is 2.20 bits per heavy atom. The van der Waals surface area contributed by atoms with E-state index in [1.807, 2.05) is 25.1 Å². The average Bonchev–Trinajstić information content (AvgIpc) is 2.20. The van der Waals surface area contributed by atoms with Crippen LogP contribution in [0.1, 0.15) is 18.9 Å². The molecule has 1 rings (SSSR count). The molecule has 15 heavy (non-hydrogen) atoms. The van der Waals surface area contributed by atoms with Crippen LogP contribution in [0.4, 0.5) is 11.4 Å². The molecule has 0 aliphatic rings. The third-order valence-corrected chi connectivity index (χ3v) is 2.47. The number of aryl methyl sites for hydroxylation is 1. The molecule has 0 spiro atoms. The predicted octanol–water partition coefficient (Wildman–Crippen LogP) is 2.01. The lowest BCUT2D eigenvalue weighted by molar-refractivity contribution is 0.266. The van der Waals surface area contributed by atoms with Gasteiger partial charge >= 0.3 is 0 Å². The fourth-order valence-corrected chi connectivity index (χ4v) is 1.43. The summed E-state index contributed by atoms with van der Waals surface area (Å²) in [5, 5.41) is 12.1. The van der Waals surface area contributed by atoms with Crippen LogP contribution in [0.25, 0.3) is 0 Å². The first-order chi connectivity index (χ1) is 7.13. The molecule has 4 N–H and O–H groups in total. The first-order valence-corrected chi connectivity index (χ1v) is 5.34. The van der Waals surface area contributed by atoms with Gasteiger partial charge in [-0.3, -0.25) is 0 Å². The maximum atomic E-state index is 8.78. The lowest BCUT2D eigenvalue weighted by Gasteiger charge is -2.14. The van der Waals surface area contributed by atoms with Crippen LogP contribution in [0.2, 0.25) is 0 Å². The Bertz CT molecular complexity index is 312. The normalized spacial score (nSPS) is 12.5. The number of rotatable bonds is 5. The van der Waals surface area contributed by atoms with Gasteiger partial charge in [-0.1, -0.05) is 13.0 Å². The van der Waals surface area contributed by atoms with Crippen molar-refractivity contribution in [2.45, 2.75) is 20.3 Å². The number of hydrogen-bond acceptors (Lipinski definition) is 3. The Morgan fingerprint density at radius 3 is 2.87 bits per heavy atom. The van der Waals surface area contributed by atoms with Gasteiger partial charge < -0.3 is 16.2 Å². The van der Waals surface area contributed by atoms with E-state index in [9.17, 15) is 0 Å². The number of aliphatic hydroxyl groups is 1. The first kappa shape index (κ1) is 11.9. The second-order valence-electron chi connectivity index (χ2n) is 4.09. The molecule has 0 aliphatic carbocycles. The molecule has 3 heteroatoms. The van der Waals surface area contributed by atoms with Crippen LogP contribution in [-0.4, -0.2) is 18.3 Å². The number of benzene rings is 1. The van der Waals surface area contributed by atoms with Crippen molar-refractivity contribution in [3.05, 3.63) is 23.8 Å². The monoisotopic (exact) mass is 208 g/mol. The van der Waals surface area contributed by atoms with Gasteiger partial charge in [-0.05, 0) is 37.0 Å². The van der Waals surface area contributed by atoms with E-state index in [0.717, 1.165) is 24.3 Å². The van der Waals surface area contributed by atoms with Crippen molar-refractivity contribution in [1.82, 2.24) is 0 Å². The smallest absolute Gasteiger partial charge is 0.0576 e. The Labute approximate surface area is 91.3 Å². The second kappa shape index (κ2) is 5.61. The summed E-state index contributed by atoms with van der Waals surface area (Å²) < 4.78 is 0. The summed E-state index contributed by atoms with van der Waals surface area (Å²) in [5.41, 5.74) is 8.79. The zero-order valence-electron chi connectivity index (χ0n) is 9.46. The molecule has 0 saturated carbocycles. The maximum absolute atomic E-state index is 8.78. The molecule has 0 heterocycles. The molecule has 1 aromatic rings. The Balaban J connectivity index is 2.53. The lowest BCUT2D eigenvalue weighted by atomic mass is 10.1. The van der Waals surface area contributed by atoms with E-state index >= 15 is 0 Å². The number of nitrogens with one attached hydrogen (secondary N) is 1. The highest BCUT2D eigenvalue weighted by Gasteiger charge is 2.03. The lowest BCUT2D eigenvalue weighted by Crippen LogP contribution is -2.13. The Kier molecular flexibility index (Phi) is 4.43. The van der Waals surface area contributed by atoms with Crippen molar-refractivity contribution in [2.24, 2.45) is 5.92 Å². The van der Waals surface area contributed by atoms with E-state index in [1.54, 1.807) is 0 Å². The highest BCUT2D eigenvalue weighted by Crippen LogP contribution is 2.20. The largest absolute Gasteiger partial charge is 0.397 e. The number of hydrogen-bond donors (Lipinski definition) is 3. The van der Waals surface area contributed by atoms with E-state index in [-0.39, 0.29) is 6.61 Å². The van der Waals surface area contributed by atoms with E-state index in [1.165, 1.54) is 5.56 Å². The first-order valence-electron chi connectivity index (χ1n) is 5.34. The minimum atomic E-state index is 0.242. The summed E-state index contributed by atoms with van der Waals surface area (Å²) in [7, 11) is 0. The third-order valence-electron chi connectivity index (χ3n) is 2.47. The van der Waals surface area contributed by atoms with Crippen molar-refractivity contribution < 1.29 is 5.11 Å². The summed E-state index contributed by atoms with van der Waals surface area (Å²) >= 11 is 0. The van der Waals surface area contributed by atoms with Crippen LogP contribution in [-0.2, 0) is 0 Å². The fourth-order valence-electron chi connectivity index (χ4n) is 1.43. The van der Waals surface area contributed by atoms with Gasteiger partial charge in [0.05, 0.1) is 11.4 Å². The molecule has 0 aromatic heterocycles. The van der Waals surface area contributed by atoms with Crippen LogP contribution >= 0.6 is 0 Å². The van der Waals surface area contributed by atoms with Gasteiger partial charge in [0.1, 0.15) is 0 Å². The molecule has 0 radical (unpaired) electrons. The van der Waals surface area contributed by atoms with Crippen molar-refractivity contribution in [2.75, 3.05) is 24.2 Å². The summed E-state index contributed by atoms with van der Waals surface area (Å²) in [6.45, 7) is 5.23. The van der Waals surface area contributed by atoms with Crippen molar-refractivity contribution in [1.29, 1.82) is 0 Å². The summed E-state index contributed by atoms with van der Waals surface area (Å²) in [4.78, 5) is 0. The second-order valence-corrected chi connectivity index (χ2v) is 4.09. The standard InChI is InChI=1S/C12H20N2O/c1-9-3-4-11(13)12(7-9)14-8-10(2)5-6-15/h3-4,7,10,14-15H,5-6,8,13H2,1-2H3. The molecule has 3 nitrogen and oxygen atoms in total. The number of aliphatic hydroxyl groups excluding tert-OH is 1. The highest BCUT2D eigenvalue weighted by molar-refractivity contribution is 5.66. The molecular weight excluding hydrogens is 188 g/mol. The van der Waals surface area contributed by atoms with Gasteiger partial charge in [0.15, 0.2) is 0 Å². The molecule has 0 amide bonds. The fraction of sp³-hybridized carbons (Fsp3) is 0.500. The molecule has 1 unspecified atom stereocenters. The van der Waals surface area contributed by atoms with Crippen LogP contribution in [0.15, 0.2) is 18.2 Å². The van der Waals surface area contributed by atoms with Gasteiger partial charge in [-0.15, -0.1) is 0 Å². The molecule has 0 fully saturated rings. The van der Waals surface area contributed by atoms with E-state index < -0.39 is 0 Å². The van der Waals surface area contributed by atoms with E-state index in [0.29, 0.717) is 5.92 Å². The molecule has 0 bridgehead atoms. The molecule has 0 saturated heterocycles. The minimum Gasteiger partial charge on any atom is -0.397 e. The topological polar surface area (TPSA) is 58.3 Å². The van der Waals surface area contributed by atoms with Crippen LogP contribution < -0.4 is 11.1 Å². The number of nitrogen functional groups attached to an aromatic ring is 1. The molecule has 0 aliphatic heterocycles. The predicted molar refractivity (Wildman–Crippen MR) is 64.9 cm³/mol. The van der Waals surface area contributed by atoms with Crippen LogP contribution in [0, 0.1) is 12.8 Å². The van der Waals surface area contributed by atoms with Crippen molar-refractivity contribution in [3.63, 3.8) is 0 Å². The van der Waals surface area contributed by atoms with E-state index in [2.05, 4.69) is 12.2 Å². The quantitative estimate of drug-likeness (QED) is 0.649. The third kappa shape index (κ3) is 3.80. The molecule has 1 atom stereocenters. The Morgan fingerprint density at radius 1 is 1.47 bits per heavy atom. The Hall–Kier alpha value is -1.22. The van der Waals surface area contributed by atoms with Gasteiger partial charge in [0.2, 0.25) is 0 Å². The van der Waals surface area contributed by atoms with Gasteiger partial charge in [0.25, 0.3) is 0 Å². The van der Waals surface area contributed by atoms with Crippen LogP contribution in [0.3, 0.4) is 0 Å². The van der Waals surface area contributed by atoms with E-state index in [4.69, 9.17) is 10.8 Å². The molecular formula is C12H20N2O. The van der Waals surface area contributed by atoms with Gasteiger partial charge in [-0.2, -0.15) is 0 Å². The average molecular weight is 208 g/mol. The van der Waals surface area contributed by atoms with Crippen molar-refractivity contribution >= 4 is 11.4 Å². The highest BCUT2D eigenvalue weighted by atomic mass is 16.3. The summed E-state index contributed by atoms with van der Waals surface area (Å²) in [5.74, 6) is 0.454. The summed E-state index contributed by atoms with van der Waals surface area (Å²) in [6.07, 6.45) is 0.818. The maximum Gasteiger partial charge on any atom is 0.0576 e. The molecule has 1 aromatic carbocycles. The van der Waals surface area contributed by atoms with Gasteiger partial charge in [-0.25, -0.2) is 0 Å². The zero-order valence-corrected chi connectivity index (χ0v) is 9.46. The zero-order chi connectivity index (χ0) is 11.3. The van der Waals surface area contributed by atoms with Crippen LogP contribution in [0.5, 0.6) is 0 Å². The molecule has 84 valence electrons. The number of anilines is 2. The minimum absolute atomic E-state index is 0.242. The number of nitrogens with two attached hydrogens (primary N) is 1. The van der Waals surface area contributed by atoms with Crippen molar-refractivity contribution in [3.8, 4) is 0 Å². The van der Waals surface area contributed by atoms with Gasteiger partial charge in [0, 0.05) is 13.2 Å².